The zero-order chi connectivity index (χ0) is 13.9. The minimum absolute atomic E-state index is 0.0258. The molecule has 0 radical (unpaired) electrons. The largest absolute Gasteiger partial charge is 0.379 e. The van der Waals surface area contributed by atoms with Crippen molar-refractivity contribution >= 4 is 11.0 Å². The summed E-state index contributed by atoms with van der Waals surface area (Å²) in [5.74, 6) is 1.12. The quantitative estimate of drug-likeness (QED) is 0.911. The molecule has 4 heteroatoms. The number of hydrogen-bond acceptors (Lipinski definition) is 3. The summed E-state index contributed by atoms with van der Waals surface area (Å²) in [6, 6.07) is 7.16. The van der Waals surface area contributed by atoms with E-state index in [0.717, 1.165) is 11.3 Å². The molecule has 2 atom stereocenters. The van der Waals surface area contributed by atoms with Crippen molar-refractivity contribution in [2.45, 2.75) is 44.2 Å². The van der Waals surface area contributed by atoms with E-state index < -0.39 is 0 Å². The number of aromatic nitrogens is 2. The summed E-state index contributed by atoms with van der Waals surface area (Å²) < 4.78 is 8.04. The summed E-state index contributed by atoms with van der Waals surface area (Å²) in [6.45, 7) is 5.60. The van der Waals surface area contributed by atoms with Crippen molar-refractivity contribution in [2.24, 2.45) is 5.73 Å². The molecule has 1 aromatic carbocycles. The molecule has 2 N–H and O–H groups in total. The van der Waals surface area contributed by atoms with Gasteiger partial charge in [-0.15, -0.1) is 0 Å². The van der Waals surface area contributed by atoms with Gasteiger partial charge in [0.2, 0.25) is 0 Å². The normalized spacial score (nSPS) is 30.2. The van der Waals surface area contributed by atoms with Crippen LogP contribution in [0.2, 0.25) is 0 Å². The number of nitrogens with two attached hydrogens (primary N) is 1. The fourth-order valence-corrected chi connectivity index (χ4v) is 3.23. The third kappa shape index (κ3) is 1.64. The van der Waals surface area contributed by atoms with Gasteiger partial charge in [0.1, 0.15) is 5.82 Å². The van der Waals surface area contributed by atoms with Gasteiger partial charge < -0.3 is 15.0 Å². The van der Waals surface area contributed by atoms with Gasteiger partial charge in [-0.05, 0) is 44.4 Å². The van der Waals surface area contributed by atoms with Crippen LogP contribution in [-0.2, 0) is 10.2 Å². The van der Waals surface area contributed by atoms with Crippen LogP contribution in [-0.4, -0.2) is 28.8 Å². The molecule has 1 saturated heterocycles. The van der Waals surface area contributed by atoms with Crippen molar-refractivity contribution in [3.63, 3.8) is 0 Å². The molecule has 0 spiro atoms. The number of imidazole rings is 1. The number of benzene rings is 1. The zero-order valence-corrected chi connectivity index (χ0v) is 12.1. The van der Waals surface area contributed by atoms with E-state index in [0.29, 0.717) is 19.3 Å². The molecule has 20 heavy (non-hydrogen) atoms. The van der Waals surface area contributed by atoms with Gasteiger partial charge in [-0.25, -0.2) is 4.98 Å². The third-order valence-corrected chi connectivity index (χ3v) is 4.79. The summed E-state index contributed by atoms with van der Waals surface area (Å²) in [6.07, 6.45) is 2.50. The Kier molecular flexibility index (Phi) is 2.51. The van der Waals surface area contributed by atoms with Gasteiger partial charge in [-0.3, -0.25) is 0 Å². The number of hydrogen-bond donors (Lipinski definition) is 1. The number of fused-ring (bicyclic) bond motifs is 1. The lowest BCUT2D eigenvalue weighted by atomic mass is 9.85. The van der Waals surface area contributed by atoms with Gasteiger partial charge in [0.05, 0.1) is 29.7 Å². The maximum Gasteiger partial charge on any atom is 0.120 e. The summed E-state index contributed by atoms with van der Waals surface area (Å²) >= 11 is 0. The highest BCUT2D eigenvalue weighted by Gasteiger charge is 2.45. The molecule has 0 bridgehead atoms. The van der Waals surface area contributed by atoms with Gasteiger partial charge in [0.25, 0.3) is 0 Å². The molecule has 2 fully saturated rings. The monoisotopic (exact) mass is 271 g/mol. The molecule has 1 aliphatic heterocycles. The number of ether oxygens (including phenoxy) is 1. The third-order valence-electron chi connectivity index (χ3n) is 4.79. The Hall–Kier alpha value is -1.39. The summed E-state index contributed by atoms with van der Waals surface area (Å²) in [4.78, 5) is 4.94. The molecule has 1 aromatic heterocycles. The van der Waals surface area contributed by atoms with E-state index in [4.69, 9.17) is 15.5 Å². The van der Waals surface area contributed by atoms with Crippen molar-refractivity contribution < 1.29 is 4.74 Å². The van der Waals surface area contributed by atoms with Gasteiger partial charge >= 0.3 is 0 Å². The second-order valence-electron chi connectivity index (χ2n) is 6.57. The van der Waals surface area contributed by atoms with Gasteiger partial charge in [0.15, 0.2) is 0 Å². The molecular formula is C16H21N3O. The summed E-state index contributed by atoms with van der Waals surface area (Å²) in [5.41, 5.74) is 9.72. The Labute approximate surface area is 118 Å². The van der Waals surface area contributed by atoms with Crippen molar-refractivity contribution in [1.82, 2.24) is 9.55 Å². The number of nitrogens with zero attached hydrogens (tertiary/aromatic N) is 2. The van der Waals surface area contributed by atoms with Crippen molar-refractivity contribution in [3.8, 4) is 0 Å². The standard InChI is InChI=1S/C16H21N3O/c1-10-3-6-13-12(7-10)18-15(19(13)11-4-5-11)16(2)9-20-8-14(16)17/h3,6-7,11,14H,4-5,8-9,17H2,1-2H3. The van der Waals surface area contributed by atoms with Gasteiger partial charge in [0, 0.05) is 12.1 Å². The minimum Gasteiger partial charge on any atom is -0.379 e. The smallest absolute Gasteiger partial charge is 0.120 e. The first-order chi connectivity index (χ1) is 9.59. The van der Waals surface area contributed by atoms with Crippen molar-refractivity contribution in [2.75, 3.05) is 13.2 Å². The predicted molar refractivity (Wildman–Crippen MR) is 78.9 cm³/mol. The van der Waals surface area contributed by atoms with E-state index in [9.17, 15) is 0 Å². The molecule has 4 nitrogen and oxygen atoms in total. The lowest BCUT2D eigenvalue weighted by molar-refractivity contribution is 0.177. The van der Waals surface area contributed by atoms with E-state index in [-0.39, 0.29) is 11.5 Å². The molecule has 0 amide bonds. The van der Waals surface area contributed by atoms with Crippen LogP contribution in [0.3, 0.4) is 0 Å². The fourth-order valence-electron chi connectivity index (χ4n) is 3.23. The van der Waals surface area contributed by atoms with Crippen LogP contribution in [0.1, 0.15) is 37.2 Å². The first-order valence-corrected chi connectivity index (χ1v) is 7.42. The Bertz CT molecular complexity index is 674. The van der Waals surface area contributed by atoms with E-state index in [2.05, 4.69) is 36.6 Å². The van der Waals surface area contributed by atoms with Crippen molar-refractivity contribution in [1.29, 1.82) is 0 Å². The van der Waals surface area contributed by atoms with E-state index >= 15 is 0 Å². The molecule has 106 valence electrons. The molecule has 2 aromatic rings. The van der Waals surface area contributed by atoms with Crippen LogP contribution < -0.4 is 5.73 Å². The summed E-state index contributed by atoms with van der Waals surface area (Å²) in [5, 5.41) is 0. The average molecular weight is 271 g/mol. The highest BCUT2D eigenvalue weighted by Crippen LogP contribution is 2.43. The number of aryl methyl sites for hydroxylation is 1. The van der Waals surface area contributed by atoms with Gasteiger partial charge in [-0.2, -0.15) is 0 Å². The molecule has 2 aliphatic rings. The Morgan fingerprint density at radius 3 is 2.85 bits per heavy atom. The maximum absolute atomic E-state index is 6.31. The molecule has 1 aliphatic carbocycles. The highest BCUT2D eigenvalue weighted by molar-refractivity contribution is 5.77. The lowest BCUT2D eigenvalue weighted by Crippen LogP contribution is -2.43. The Morgan fingerprint density at radius 2 is 2.20 bits per heavy atom. The van der Waals surface area contributed by atoms with Gasteiger partial charge in [-0.1, -0.05) is 6.07 Å². The first kappa shape index (κ1) is 12.4. The Balaban J connectivity index is 1.96. The maximum atomic E-state index is 6.31. The Morgan fingerprint density at radius 1 is 1.40 bits per heavy atom. The van der Waals surface area contributed by atoms with Crippen LogP contribution in [0, 0.1) is 6.92 Å². The van der Waals surface area contributed by atoms with E-state index in [1.54, 1.807) is 0 Å². The fraction of sp³-hybridized carbons (Fsp3) is 0.562. The predicted octanol–water partition coefficient (Wildman–Crippen LogP) is 2.29. The minimum atomic E-state index is -0.171. The molecule has 2 unspecified atom stereocenters. The topological polar surface area (TPSA) is 53.1 Å². The molecule has 1 saturated carbocycles. The van der Waals surface area contributed by atoms with E-state index in [1.165, 1.54) is 23.9 Å². The van der Waals surface area contributed by atoms with E-state index in [1.807, 2.05) is 0 Å². The molecule has 4 rings (SSSR count). The summed E-state index contributed by atoms with van der Waals surface area (Å²) in [7, 11) is 0. The van der Waals surface area contributed by atoms with Crippen LogP contribution >= 0.6 is 0 Å². The van der Waals surface area contributed by atoms with Crippen molar-refractivity contribution in [3.05, 3.63) is 29.6 Å². The average Bonchev–Trinajstić information content (AvgIpc) is 3.10. The number of rotatable bonds is 2. The SMILES string of the molecule is Cc1ccc2c(c1)nc(C1(C)COCC1N)n2C1CC1. The van der Waals surface area contributed by atoms with Crippen LogP contribution in [0.4, 0.5) is 0 Å². The van der Waals surface area contributed by atoms with Crippen LogP contribution in [0.5, 0.6) is 0 Å². The first-order valence-electron chi connectivity index (χ1n) is 7.42. The molecular weight excluding hydrogens is 250 g/mol. The zero-order valence-electron chi connectivity index (χ0n) is 12.1. The van der Waals surface area contributed by atoms with Crippen LogP contribution in [0.15, 0.2) is 18.2 Å². The van der Waals surface area contributed by atoms with Crippen LogP contribution in [0.25, 0.3) is 11.0 Å². The lowest BCUT2D eigenvalue weighted by Gasteiger charge is -2.27. The highest BCUT2D eigenvalue weighted by atomic mass is 16.5. The second kappa shape index (κ2) is 4.06. The second-order valence-corrected chi connectivity index (χ2v) is 6.57. The molecule has 2 heterocycles.